The molecule has 0 spiro atoms. The van der Waals surface area contributed by atoms with E-state index in [0.29, 0.717) is 11.3 Å². The quantitative estimate of drug-likeness (QED) is 0.618. The maximum absolute atomic E-state index is 11.8. The smallest absolute Gasteiger partial charge is 0.444 e. The number of amides is 1. The molecular formula is C19H29NO6. The first-order chi connectivity index (χ1) is 11.8. The number of hydrogen-bond donors (Lipinski definition) is 2. The van der Waals surface area contributed by atoms with Gasteiger partial charge in [0, 0.05) is 0 Å². The third-order valence-corrected chi connectivity index (χ3v) is 3.03. The molecule has 1 unspecified atom stereocenters. The minimum absolute atomic E-state index is 0.294. The van der Waals surface area contributed by atoms with E-state index in [1.165, 1.54) is 0 Å². The van der Waals surface area contributed by atoms with Gasteiger partial charge in [-0.25, -0.2) is 9.59 Å². The van der Waals surface area contributed by atoms with E-state index in [9.17, 15) is 14.7 Å². The van der Waals surface area contributed by atoms with Gasteiger partial charge in [0.15, 0.2) is 0 Å². The maximum atomic E-state index is 11.8. The molecule has 0 aliphatic rings. The molecule has 0 radical (unpaired) electrons. The first kappa shape index (κ1) is 21.8. The van der Waals surface area contributed by atoms with Crippen molar-refractivity contribution in [2.24, 2.45) is 0 Å². The van der Waals surface area contributed by atoms with Crippen molar-refractivity contribution < 1.29 is 28.9 Å². The van der Waals surface area contributed by atoms with E-state index >= 15 is 0 Å². The molecule has 0 heterocycles. The molecule has 0 saturated carbocycles. The van der Waals surface area contributed by atoms with Crippen molar-refractivity contribution >= 4 is 12.2 Å². The van der Waals surface area contributed by atoms with E-state index in [-0.39, 0.29) is 0 Å². The zero-order valence-electron chi connectivity index (χ0n) is 16.5. The molecule has 1 rings (SSSR count). The summed E-state index contributed by atoms with van der Waals surface area (Å²) in [5.41, 5.74) is -0.698. The van der Waals surface area contributed by atoms with Gasteiger partial charge in [-0.1, -0.05) is 12.1 Å². The van der Waals surface area contributed by atoms with Crippen LogP contribution in [-0.2, 0) is 9.47 Å². The summed E-state index contributed by atoms with van der Waals surface area (Å²) < 4.78 is 15.3. The highest BCUT2D eigenvalue weighted by atomic mass is 16.7. The van der Waals surface area contributed by atoms with Crippen LogP contribution < -0.4 is 10.1 Å². The summed E-state index contributed by atoms with van der Waals surface area (Å²) in [6, 6.07) is 5.74. The minimum atomic E-state index is -0.946. The summed E-state index contributed by atoms with van der Waals surface area (Å²) >= 11 is 0. The zero-order valence-corrected chi connectivity index (χ0v) is 16.5. The third-order valence-electron chi connectivity index (χ3n) is 3.03. The Morgan fingerprint density at radius 3 is 1.92 bits per heavy atom. The topological polar surface area (TPSA) is 94.1 Å². The summed E-state index contributed by atoms with van der Waals surface area (Å²) in [6.07, 6.45) is -2.35. The molecule has 0 fully saturated rings. The van der Waals surface area contributed by atoms with Gasteiger partial charge in [-0.05, 0) is 66.2 Å². The Balaban J connectivity index is 2.64. The highest BCUT2D eigenvalue weighted by Gasteiger charge is 2.23. The van der Waals surface area contributed by atoms with Crippen LogP contribution in [-0.4, -0.2) is 34.6 Å². The predicted molar refractivity (Wildman–Crippen MR) is 97.1 cm³/mol. The first-order valence-corrected chi connectivity index (χ1v) is 8.45. The number of aliphatic hydroxyl groups is 1. The Hall–Kier alpha value is -2.28. The molecular weight excluding hydrogens is 338 g/mol. The molecule has 7 nitrogen and oxygen atoms in total. The van der Waals surface area contributed by atoms with E-state index in [2.05, 4.69) is 5.32 Å². The zero-order chi connectivity index (χ0) is 20.1. The Labute approximate surface area is 154 Å². The molecule has 7 heteroatoms. The molecule has 2 atom stereocenters. The van der Waals surface area contributed by atoms with Crippen LogP contribution in [0.4, 0.5) is 9.59 Å². The summed E-state index contributed by atoms with van der Waals surface area (Å²) in [5.74, 6) is 0.294. The summed E-state index contributed by atoms with van der Waals surface area (Å²) in [4.78, 5) is 23.4. The molecule has 1 aromatic rings. The van der Waals surface area contributed by atoms with Crippen molar-refractivity contribution in [3.05, 3.63) is 29.8 Å². The number of carbonyl (C=O) groups excluding carboxylic acids is 2. The lowest BCUT2D eigenvalue weighted by Crippen LogP contribution is -2.40. The number of carbonyl (C=O) groups is 2. The Morgan fingerprint density at radius 1 is 0.962 bits per heavy atom. The number of alkyl carbamates (subject to hydrolysis) is 1. The predicted octanol–water partition coefficient (Wildman–Crippen LogP) is 3.95. The van der Waals surface area contributed by atoms with Gasteiger partial charge in [0.25, 0.3) is 0 Å². The number of rotatable bonds is 4. The molecule has 0 aliphatic heterocycles. The van der Waals surface area contributed by atoms with Gasteiger partial charge in [0.05, 0.1) is 12.1 Å². The second-order valence-electron chi connectivity index (χ2n) is 8.02. The van der Waals surface area contributed by atoms with Crippen molar-refractivity contribution in [3.63, 3.8) is 0 Å². The second kappa shape index (κ2) is 8.40. The van der Waals surface area contributed by atoms with Crippen molar-refractivity contribution in [2.45, 2.75) is 71.8 Å². The SMILES string of the molecule is C[C@H](NC(=O)OC(C)(C)C)C(O)c1ccc(OC(=O)OC(C)(C)C)cc1. The molecule has 0 aliphatic carbocycles. The lowest BCUT2D eigenvalue weighted by molar-refractivity contribution is 0.0205. The number of hydrogen-bond acceptors (Lipinski definition) is 6. The van der Waals surface area contributed by atoms with Crippen molar-refractivity contribution in [1.29, 1.82) is 0 Å². The van der Waals surface area contributed by atoms with Gasteiger partial charge in [-0.3, -0.25) is 0 Å². The minimum Gasteiger partial charge on any atom is -0.444 e. The van der Waals surface area contributed by atoms with Crippen LogP contribution in [0.3, 0.4) is 0 Å². The number of benzene rings is 1. The van der Waals surface area contributed by atoms with Crippen molar-refractivity contribution in [2.75, 3.05) is 0 Å². The molecule has 1 aromatic carbocycles. The molecule has 0 aromatic heterocycles. The second-order valence-corrected chi connectivity index (χ2v) is 8.02. The van der Waals surface area contributed by atoms with E-state index in [1.54, 1.807) is 72.7 Å². The van der Waals surface area contributed by atoms with Crippen LogP contribution >= 0.6 is 0 Å². The van der Waals surface area contributed by atoms with Gasteiger partial charge in [0.2, 0.25) is 0 Å². The van der Waals surface area contributed by atoms with Crippen LogP contribution in [0.25, 0.3) is 0 Å². The lowest BCUT2D eigenvalue weighted by atomic mass is 10.0. The van der Waals surface area contributed by atoms with E-state index in [4.69, 9.17) is 14.2 Å². The first-order valence-electron chi connectivity index (χ1n) is 8.45. The molecule has 1 amide bonds. The average Bonchev–Trinajstić information content (AvgIpc) is 2.43. The summed E-state index contributed by atoms with van der Waals surface area (Å²) in [6.45, 7) is 12.2. The Morgan fingerprint density at radius 2 is 1.46 bits per heavy atom. The fraction of sp³-hybridized carbons (Fsp3) is 0.579. The van der Waals surface area contributed by atoms with Gasteiger partial charge < -0.3 is 24.6 Å². The van der Waals surface area contributed by atoms with Crippen LogP contribution in [0.2, 0.25) is 0 Å². The average molecular weight is 367 g/mol. The fourth-order valence-electron chi connectivity index (χ4n) is 1.96. The molecule has 2 N–H and O–H groups in total. The maximum Gasteiger partial charge on any atom is 0.514 e. The monoisotopic (exact) mass is 367 g/mol. The summed E-state index contributed by atoms with van der Waals surface area (Å²) in [5, 5.41) is 12.9. The Kier molecular flexibility index (Phi) is 7.03. The van der Waals surface area contributed by atoms with Crippen LogP contribution in [0, 0.1) is 0 Å². The highest BCUT2D eigenvalue weighted by molar-refractivity contribution is 5.68. The Bertz CT molecular complexity index is 612. The number of nitrogens with one attached hydrogen (secondary N) is 1. The molecule has 0 saturated heterocycles. The van der Waals surface area contributed by atoms with Gasteiger partial charge in [-0.2, -0.15) is 0 Å². The summed E-state index contributed by atoms with van der Waals surface area (Å²) in [7, 11) is 0. The number of ether oxygens (including phenoxy) is 3. The standard InChI is InChI=1S/C19H29NO6/c1-12(20-16(22)25-18(2,3)4)15(21)13-8-10-14(11-9-13)24-17(23)26-19(5,6)7/h8-12,15,21H,1-7H3,(H,20,22)/t12-,15?/m0/s1. The van der Waals surface area contributed by atoms with E-state index in [1.807, 2.05) is 0 Å². The van der Waals surface area contributed by atoms with Crippen LogP contribution in [0.1, 0.15) is 60.1 Å². The molecule has 0 bridgehead atoms. The van der Waals surface area contributed by atoms with Crippen molar-refractivity contribution in [3.8, 4) is 5.75 Å². The van der Waals surface area contributed by atoms with Gasteiger partial charge >= 0.3 is 12.2 Å². The van der Waals surface area contributed by atoms with Crippen LogP contribution in [0.5, 0.6) is 5.75 Å². The van der Waals surface area contributed by atoms with Crippen LogP contribution in [0.15, 0.2) is 24.3 Å². The van der Waals surface area contributed by atoms with Gasteiger partial charge in [-0.15, -0.1) is 0 Å². The molecule has 26 heavy (non-hydrogen) atoms. The lowest BCUT2D eigenvalue weighted by Gasteiger charge is -2.24. The van der Waals surface area contributed by atoms with Gasteiger partial charge in [0.1, 0.15) is 17.0 Å². The normalized spacial score (nSPS) is 14.2. The number of aliphatic hydroxyl groups excluding tert-OH is 1. The van der Waals surface area contributed by atoms with E-state index < -0.39 is 35.6 Å². The van der Waals surface area contributed by atoms with Crippen molar-refractivity contribution in [1.82, 2.24) is 5.32 Å². The highest BCUT2D eigenvalue weighted by Crippen LogP contribution is 2.21. The fourth-order valence-corrected chi connectivity index (χ4v) is 1.96. The van der Waals surface area contributed by atoms with E-state index in [0.717, 1.165) is 0 Å². The molecule has 146 valence electrons. The largest absolute Gasteiger partial charge is 0.514 e. The third kappa shape index (κ3) is 8.20.